The third-order valence-electron chi connectivity index (χ3n) is 3.61. The molecule has 1 aromatic rings. The van der Waals surface area contributed by atoms with Gasteiger partial charge >= 0.3 is 0 Å². The molecule has 1 saturated heterocycles. The second-order valence-corrected chi connectivity index (χ2v) is 5.88. The van der Waals surface area contributed by atoms with Crippen molar-refractivity contribution in [1.82, 2.24) is 10.7 Å². The number of aryl methyl sites for hydroxylation is 2. The van der Waals surface area contributed by atoms with E-state index in [1.165, 1.54) is 11.1 Å². The number of rotatable bonds is 4. The number of ether oxygens (including phenoxy) is 1. The van der Waals surface area contributed by atoms with Crippen molar-refractivity contribution in [3.63, 3.8) is 0 Å². The van der Waals surface area contributed by atoms with Crippen LogP contribution in [0.4, 0.5) is 0 Å². The van der Waals surface area contributed by atoms with Crippen molar-refractivity contribution in [2.45, 2.75) is 39.7 Å². The van der Waals surface area contributed by atoms with Gasteiger partial charge in [0.15, 0.2) is 5.11 Å². The lowest BCUT2D eigenvalue weighted by Gasteiger charge is -2.12. The molecule has 4 nitrogen and oxygen atoms in total. The van der Waals surface area contributed by atoms with Gasteiger partial charge < -0.3 is 10.1 Å². The van der Waals surface area contributed by atoms with Crippen LogP contribution < -0.4 is 10.7 Å². The lowest BCUT2D eigenvalue weighted by Crippen LogP contribution is -2.37. The smallest absolute Gasteiger partial charge is 0.187 e. The molecule has 2 N–H and O–H groups in total. The van der Waals surface area contributed by atoms with Crippen LogP contribution in [0.2, 0.25) is 0 Å². The summed E-state index contributed by atoms with van der Waals surface area (Å²) >= 11 is 5.23. The van der Waals surface area contributed by atoms with Crippen molar-refractivity contribution in [1.29, 1.82) is 0 Å². The first-order valence-corrected chi connectivity index (χ1v) is 7.74. The lowest BCUT2D eigenvalue weighted by atomic mass is 10.0. The molecule has 0 aliphatic carbocycles. The average molecular weight is 305 g/mol. The third kappa shape index (κ3) is 4.79. The standard InChI is InChI=1S/C16H23N3OS/c1-11-6-7-15(12(2)9-11)13(3)18-19-16(21)17-10-14-5-4-8-20-14/h6-7,9,14H,4-5,8,10H2,1-3H3,(H2,17,19,21)/b18-13-/t14-/m1/s1. The molecule has 5 heteroatoms. The quantitative estimate of drug-likeness (QED) is 0.510. The van der Waals surface area contributed by atoms with Crippen molar-refractivity contribution in [3.05, 3.63) is 34.9 Å². The monoisotopic (exact) mass is 305 g/mol. The van der Waals surface area contributed by atoms with Crippen LogP contribution in [0.25, 0.3) is 0 Å². The Labute approximate surface area is 132 Å². The lowest BCUT2D eigenvalue weighted by molar-refractivity contribution is 0.114. The fourth-order valence-electron chi connectivity index (χ4n) is 2.47. The minimum atomic E-state index is 0.272. The zero-order valence-electron chi connectivity index (χ0n) is 12.9. The molecule has 0 radical (unpaired) electrons. The molecule has 0 spiro atoms. The van der Waals surface area contributed by atoms with Gasteiger partial charge in [-0.15, -0.1) is 0 Å². The SMILES string of the molecule is C/C(=N/NC(=S)NC[C@H]1CCCO1)c1ccc(C)cc1C. The van der Waals surface area contributed by atoms with E-state index in [-0.39, 0.29) is 6.10 Å². The Kier molecular flexibility index (Phi) is 5.70. The Hall–Kier alpha value is -1.46. The first-order chi connectivity index (χ1) is 10.1. The van der Waals surface area contributed by atoms with Crippen LogP contribution in [0.5, 0.6) is 0 Å². The molecule has 2 rings (SSSR count). The molecule has 0 aromatic heterocycles. The zero-order chi connectivity index (χ0) is 15.2. The number of nitrogens with one attached hydrogen (secondary N) is 2. The van der Waals surface area contributed by atoms with E-state index in [0.29, 0.717) is 5.11 Å². The molecule has 0 saturated carbocycles. The maximum Gasteiger partial charge on any atom is 0.187 e. The summed E-state index contributed by atoms with van der Waals surface area (Å²) in [7, 11) is 0. The molecule has 1 aliphatic rings. The highest BCUT2D eigenvalue weighted by molar-refractivity contribution is 7.80. The Morgan fingerprint density at radius 3 is 2.90 bits per heavy atom. The first kappa shape index (κ1) is 15.9. The van der Waals surface area contributed by atoms with E-state index in [9.17, 15) is 0 Å². The van der Waals surface area contributed by atoms with E-state index in [0.717, 1.165) is 37.3 Å². The molecule has 1 atom stereocenters. The molecule has 1 heterocycles. The number of benzene rings is 1. The van der Waals surface area contributed by atoms with Crippen LogP contribution in [0.1, 0.15) is 36.5 Å². The second kappa shape index (κ2) is 7.52. The maximum atomic E-state index is 5.54. The summed E-state index contributed by atoms with van der Waals surface area (Å²) in [4.78, 5) is 0. The predicted octanol–water partition coefficient (Wildman–Crippen LogP) is 2.67. The summed E-state index contributed by atoms with van der Waals surface area (Å²) in [6, 6.07) is 6.34. The molecule has 1 aliphatic heterocycles. The van der Waals surface area contributed by atoms with Crippen LogP contribution >= 0.6 is 12.2 Å². The van der Waals surface area contributed by atoms with E-state index in [4.69, 9.17) is 17.0 Å². The number of hydrogen-bond donors (Lipinski definition) is 2. The topological polar surface area (TPSA) is 45.7 Å². The van der Waals surface area contributed by atoms with Gasteiger partial charge in [-0.2, -0.15) is 5.10 Å². The molecular formula is C16H23N3OS. The van der Waals surface area contributed by atoms with Crippen molar-refractivity contribution in [2.24, 2.45) is 5.10 Å². The minimum absolute atomic E-state index is 0.272. The Bertz CT molecular complexity index is 536. The minimum Gasteiger partial charge on any atom is -0.376 e. The summed E-state index contributed by atoms with van der Waals surface area (Å²) in [6.07, 6.45) is 2.51. The summed E-state index contributed by atoms with van der Waals surface area (Å²) < 4.78 is 5.54. The molecule has 0 unspecified atom stereocenters. The molecule has 0 amide bonds. The van der Waals surface area contributed by atoms with Crippen molar-refractivity contribution in [3.8, 4) is 0 Å². The summed E-state index contributed by atoms with van der Waals surface area (Å²) in [5, 5.41) is 8.03. The van der Waals surface area contributed by atoms with E-state index < -0.39 is 0 Å². The number of hydrazone groups is 1. The fourth-order valence-corrected chi connectivity index (χ4v) is 2.59. The first-order valence-electron chi connectivity index (χ1n) is 7.33. The van der Waals surface area contributed by atoms with Crippen molar-refractivity contribution < 1.29 is 4.74 Å². The Morgan fingerprint density at radius 2 is 2.24 bits per heavy atom. The zero-order valence-corrected chi connectivity index (χ0v) is 13.7. The Balaban J connectivity index is 1.85. The Morgan fingerprint density at radius 1 is 1.43 bits per heavy atom. The fraction of sp³-hybridized carbons (Fsp3) is 0.500. The predicted molar refractivity (Wildman–Crippen MR) is 90.8 cm³/mol. The number of nitrogens with zero attached hydrogens (tertiary/aromatic N) is 1. The molecule has 21 heavy (non-hydrogen) atoms. The van der Waals surface area contributed by atoms with E-state index >= 15 is 0 Å². The van der Waals surface area contributed by atoms with E-state index in [1.807, 2.05) is 6.92 Å². The number of thiocarbonyl (C=S) groups is 1. The van der Waals surface area contributed by atoms with Gasteiger partial charge in [-0.3, -0.25) is 5.43 Å². The summed E-state index contributed by atoms with van der Waals surface area (Å²) in [5.74, 6) is 0. The molecule has 0 bridgehead atoms. The van der Waals surface area contributed by atoms with Crippen LogP contribution in [0.15, 0.2) is 23.3 Å². The van der Waals surface area contributed by atoms with E-state index in [1.54, 1.807) is 0 Å². The second-order valence-electron chi connectivity index (χ2n) is 5.47. The van der Waals surface area contributed by atoms with Gasteiger partial charge in [0.05, 0.1) is 11.8 Å². The van der Waals surface area contributed by atoms with Gasteiger partial charge in [-0.1, -0.05) is 23.8 Å². The van der Waals surface area contributed by atoms with Gasteiger partial charge in [0, 0.05) is 18.7 Å². The van der Waals surface area contributed by atoms with Gasteiger partial charge in [0.2, 0.25) is 0 Å². The van der Waals surface area contributed by atoms with Gasteiger partial charge in [-0.25, -0.2) is 0 Å². The largest absolute Gasteiger partial charge is 0.376 e. The number of hydrogen-bond acceptors (Lipinski definition) is 3. The van der Waals surface area contributed by atoms with Crippen LogP contribution in [0.3, 0.4) is 0 Å². The maximum absolute atomic E-state index is 5.54. The van der Waals surface area contributed by atoms with Crippen LogP contribution in [-0.2, 0) is 4.74 Å². The summed E-state index contributed by atoms with van der Waals surface area (Å²) in [6.45, 7) is 7.76. The van der Waals surface area contributed by atoms with Crippen LogP contribution in [-0.4, -0.2) is 30.1 Å². The third-order valence-corrected chi connectivity index (χ3v) is 3.85. The molecular weight excluding hydrogens is 282 g/mol. The molecule has 1 fully saturated rings. The van der Waals surface area contributed by atoms with Gasteiger partial charge in [0.25, 0.3) is 0 Å². The highest BCUT2D eigenvalue weighted by Crippen LogP contribution is 2.12. The molecule has 1 aromatic carbocycles. The highest BCUT2D eigenvalue weighted by atomic mass is 32.1. The van der Waals surface area contributed by atoms with Crippen molar-refractivity contribution in [2.75, 3.05) is 13.2 Å². The summed E-state index contributed by atoms with van der Waals surface area (Å²) in [5.41, 5.74) is 7.43. The van der Waals surface area contributed by atoms with Gasteiger partial charge in [0.1, 0.15) is 0 Å². The van der Waals surface area contributed by atoms with Crippen molar-refractivity contribution >= 4 is 23.0 Å². The molecule has 114 valence electrons. The van der Waals surface area contributed by atoms with E-state index in [2.05, 4.69) is 47.9 Å². The van der Waals surface area contributed by atoms with Crippen LogP contribution in [0, 0.1) is 13.8 Å². The normalized spacial score (nSPS) is 18.6. The van der Waals surface area contributed by atoms with Gasteiger partial charge in [-0.05, 0) is 51.4 Å². The average Bonchev–Trinajstić information content (AvgIpc) is 2.95. The highest BCUT2D eigenvalue weighted by Gasteiger charge is 2.15.